The van der Waals surface area contributed by atoms with Gasteiger partial charge in [0.1, 0.15) is 6.61 Å². The molecule has 0 aliphatic rings. The van der Waals surface area contributed by atoms with E-state index in [1.807, 2.05) is 26.0 Å². The van der Waals surface area contributed by atoms with Gasteiger partial charge in [-0.1, -0.05) is 23.8 Å². The van der Waals surface area contributed by atoms with Gasteiger partial charge in [0.15, 0.2) is 0 Å². The number of benzene rings is 1. The Labute approximate surface area is 105 Å². The number of alkyl halides is 3. The highest BCUT2D eigenvalue weighted by Crippen LogP contribution is 2.14. The van der Waals surface area contributed by atoms with Crippen LogP contribution in [-0.2, 0) is 11.3 Å². The quantitative estimate of drug-likeness (QED) is 0.795. The lowest BCUT2D eigenvalue weighted by atomic mass is 10.1. The van der Waals surface area contributed by atoms with Crippen LogP contribution >= 0.6 is 0 Å². The maximum Gasteiger partial charge on any atom is 0.411 e. The van der Waals surface area contributed by atoms with Crippen molar-refractivity contribution in [3.05, 3.63) is 34.9 Å². The fraction of sp³-hybridized carbons (Fsp3) is 0.538. The summed E-state index contributed by atoms with van der Waals surface area (Å²) in [6, 6.07) is 6.12. The highest BCUT2D eigenvalue weighted by Gasteiger charge is 2.27. The van der Waals surface area contributed by atoms with Crippen LogP contribution in [0.25, 0.3) is 0 Å². The second-order valence-electron chi connectivity index (χ2n) is 4.27. The molecule has 0 unspecified atom stereocenters. The highest BCUT2D eigenvalue weighted by atomic mass is 19.4. The summed E-state index contributed by atoms with van der Waals surface area (Å²) < 4.78 is 39.8. The van der Waals surface area contributed by atoms with Gasteiger partial charge in [0.05, 0.1) is 6.61 Å². The molecule has 1 N–H and O–H groups in total. The summed E-state index contributed by atoms with van der Waals surface area (Å²) in [6.07, 6.45) is -4.24. The lowest BCUT2D eigenvalue weighted by Crippen LogP contribution is -2.23. The lowest BCUT2D eigenvalue weighted by molar-refractivity contribution is -0.173. The van der Waals surface area contributed by atoms with Gasteiger partial charge >= 0.3 is 6.18 Å². The summed E-state index contributed by atoms with van der Waals surface area (Å²) >= 11 is 0. The molecule has 0 radical (unpaired) electrons. The number of nitrogens with one attached hydrogen (secondary N) is 1. The number of hydrogen-bond donors (Lipinski definition) is 1. The smallest absolute Gasteiger partial charge is 0.371 e. The number of hydrogen-bond acceptors (Lipinski definition) is 2. The summed E-state index contributed by atoms with van der Waals surface area (Å²) in [6.45, 7) is 3.97. The zero-order valence-electron chi connectivity index (χ0n) is 10.6. The third-order valence-electron chi connectivity index (χ3n) is 2.50. The zero-order chi connectivity index (χ0) is 13.6. The van der Waals surface area contributed by atoms with E-state index in [1.165, 1.54) is 11.1 Å². The van der Waals surface area contributed by atoms with E-state index in [1.54, 1.807) is 0 Å². The Bertz CT molecular complexity index is 377. The van der Waals surface area contributed by atoms with E-state index >= 15 is 0 Å². The second kappa shape index (κ2) is 6.75. The van der Waals surface area contributed by atoms with Gasteiger partial charge in [0.2, 0.25) is 0 Å². The van der Waals surface area contributed by atoms with Gasteiger partial charge in [0.25, 0.3) is 0 Å². The molecule has 0 bridgehead atoms. The van der Waals surface area contributed by atoms with Crippen molar-refractivity contribution in [1.82, 2.24) is 5.32 Å². The van der Waals surface area contributed by atoms with Crippen molar-refractivity contribution >= 4 is 0 Å². The van der Waals surface area contributed by atoms with Crippen LogP contribution in [0.2, 0.25) is 0 Å². The number of rotatable bonds is 6. The Morgan fingerprint density at radius 1 is 1.22 bits per heavy atom. The maximum absolute atomic E-state index is 11.8. The van der Waals surface area contributed by atoms with Crippen LogP contribution in [-0.4, -0.2) is 25.9 Å². The van der Waals surface area contributed by atoms with E-state index in [4.69, 9.17) is 0 Å². The van der Waals surface area contributed by atoms with E-state index in [-0.39, 0.29) is 6.61 Å². The summed E-state index contributed by atoms with van der Waals surface area (Å²) in [4.78, 5) is 0. The molecule has 0 saturated carbocycles. The van der Waals surface area contributed by atoms with Gasteiger partial charge in [0, 0.05) is 13.1 Å². The van der Waals surface area contributed by atoms with Crippen molar-refractivity contribution in [2.45, 2.75) is 26.6 Å². The topological polar surface area (TPSA) is 21.3 Å². The van der Waals surface area contributed by atoms with Gasteiger partial charge in [-0.2, -0.15) is 13.2 Å². The Morgan fingerprint density at radius 3 is 2.56 bits per heavy atom. The van der Waals surface area contributed by atoms with Crippen LogP contribution in [0.5, 0.6) is 0 Å². The summed E-state index contributed by atoms with van der Waals surface area (Å²) in [5.41, 5.74) is 3.53. The van der Waals surface area contributed by atoms with Crippen molar-refractivity contribution in [2.75, 3.05) is 19.8 Å². The van der Waals surface area contributed by atoms with Crippen LogP contribution in [0.3, 0.4) is 0 Å². The minimum Gasteiger partial charge on any atom is -0.371 e. The first kappa shape index (κ1) is 15.0. The lowest BCUT2D eigenvalue weighted by Gasteiger charge is -2.10. The molecule has 0 heterocycles. The molecule has 1 rings (SSSR count). The summed E-state index contributed by atoms with van der Waals surface area (Å²) in [5, 5.41) is 3.06. The molecule has 5 heteroatoms. The maximum atomic E-state index is 11.8. The predicted octanol–water partition coefficient (Wildman–Crippen LogP) is 2.97. The Kier molecular flexibility index (Phi) is 5.62. The van der Waals surface area contributed by atoms with Crippen LogP contribution in [0.4, 0.5) is 13.2 Å². The monoisotopic (exact) mass is 261 g/mol. The van der Waals surface area contributed by atoms with E-state index in [0.717, 1.165) is 5.56 Å². The standard InChI is InChI=1S/C13H18F3NO/c1-10-3-4-12(11(2)7-10)8-17-5-6-18-9-13(14,15)16/h3-4,7,17H,5-6,8-9H2,1-2H3. The SMILES string of the molecule is Cc1ccc(CNCCOCC(F)(F)F)c(C)c1. The van der Waals surface area contributed by atoms with Crippen molar-refractivity contribution in [3.8, 4) is 0 Å². The third-order valence-corrected chi connectivity index (χ3v) is 2.50. The minimum atomic E-state index is -4.24. The largest absolute Gasteiger partial charge is 0.411 e. The van der Waals surface area contributed by atoms with Crippen molar-refractivity contribution in [3.63, 3.8) is 0 Å². The molecule has 0 aliphatic heterocycles. The first-order valence-corrected chi connectivity index (χ1v) is 5.80. The predicted molar refractivity (Wildman–Crippen MR) is 64.5 cm³/mol. The van der Waals surface area contributed by atoms with Gasteiger partial charge < -0.3 is 10.1 Å². The van der Waals surface area contributed by atoms with Crippen molar-refractivity contribution in [2.24, 2.45) is 0 Å². The normalized spacial score (nSPS) is 11.8. The molecule has 2 nitrogen and oxygen atoms in total. The van der Waals surface area contributed by atoms with Gasteiger partial charge in [-0.15, -0.1) is 0 Å². The van der Waals surface area contributed by atoms with Crippen molar-refractivity contribution in [1.29, 1.82) is 0 Å². The molecule has 0 fully saturated rings. The highest BCUT2D eigenvalue weighted by molar-refractivity contribution is 5.30. The Hall–Kier alpha value is -1.07. The van der Waals surface area contributed by atoms with E-state index in [9.17, 15) is 13.2 Å². The molecule has 0 aliphatic carbocycles. The van der Waals surface area contributed by atoms with Gasteiger partial charge in [-0.05, 0) is 25.0 Å². The number of aryl methyl sites for hydroxylation is 2. The molecule has 18 heavy (non-hydrogen) atoms. The number of ether oxygens (including phenoxy) is 1. The Morgan fingerprint density at radius 2 is 1.94 bits per heavy atom. The second-order valence-corrected chi connectivity index (χ2v) is 4.27. The molecule has 0 saturated heterocycles. The Balaban J connectivity index is 2.18. The van der Waals surface area contributed by atoms with Crippen LogP contribution < -0.4 is 5.32 Å². The van der Waals surface area contributed by atoms with Crippen LogP contribution in [0.15, 0.2) is 18.2 Å². The number of halogens is 3. The van der Waals surface area contributed by atoms with E-state index in [0.29, 0.717) is 13.1 Å². The average Bonchev–Trinajstić information content (AvgIpc) is 2.24. The summed E-state index contributed by atoms with van der Waals surface area (Å²) in [7, 11) is 0. The average molecular weight is 261 g/mol. The molecule has 1 aromatic rings. The molecule has 1 aromatic carbocycles. The first-order valence-electron chi connectivity index (χ1n) is 5.80. The third kappa shape index (κ3) is 6.02. The summed E-state index contributed by atoms with van der Waals surface area (Å²) in [5.74, 6) is 0. The molecule has 0 atom stereocenters. The fourth-order valence-corrected chi connectivity index (χ4v) is 1.60. The molecule has 0 amide bonds. The fourth-order valence-electron chi connectivity index (χ4n) is 1.60. The molecular weight excluding hydrogens is 243 g/mol. The minimum absolute atomic E-state index is 0.0599. The van der Waals surface area contributed by atoms with Gasteiger partial charge in [-0.25, -0.2) is 0 Å². The molecule has 0 spiro atoms. The van der Waals surface area contributed by atoms with Crippen LogP contribution in [0.1, 0.15) is 16.7 Å². The molecule has 102 valence electrons. The van der Waals surface area contributed by atoms with Gasteiger partial charge in [-0.3, -0.25) is 0 Å². The van der Waals surface area contributed by atoms with Crippen LogP contribution in [0, 0.1) is 13.8 Å². The first-order chi connectivity index (χ1) is 8.38. The van der Waals surface area contributed by atoms with E-state index < -0.39 is 12.8 Å². The molecule has 0 aromatic heterocycles. The van der Waals surface area contributed by atoms with Crippen molar-refractivity contribution < 1.29 is 17.9 Å². The van der Waals surface area contributed by atoms with E-state index in [2.05, 4.69) is 16.1 Å². The molecular formula is C13H18F3NO. The zero-order valence-corrected chi connectivity index (χ0v) is 10.6.